The highest BCUT2D eigenvalue weighted by Crippen LogP contribution is 2.25. The molecule has 1 fully saturated rings. The van der Waals surface area contributed by atoms with E-state index in [1.54, 1.807) is 12.1 Å². The van der Waals surface area contributed by atoms with Crippen molar-refractivity contribution < 1.29 is 14.7 Å². The van der Waals surface area contributed by atoms with Crippen LogP contribution in [-0.4, -0.2) is 23.0 Å². The number of nitrogens with one attached hydrogen (secondary N) is 1. The van der Waals surface area contributed by atoms with Crippen LogP contribution >= 0.6 is 0 Å². The van der Waals surface area contributed by atoms with Crippen molar-refractivity contribution in [2.45, 2.75) is 32.2 Å². The Bertz CT molecular complexity index is 470. The summed E-state index contributed by atoms with van der Waals surface area (Å²) in [5, 5.41) is 11.9. The van der Waals surface area contributed by atoms with Crippen LogP contribution in [0.5, 0.6) is 0 Å². The lowest BCUT2D eigenvalue weighted by molar-refractivity contribution is 0.0697. The molecule has 96 valence electrons. The third-order valence-electron chi connectivity index (χ3n) is 3.55. The molecule has 1 saturated carbocycles. The first-order chi connectivity index (χ1) is 8.58. The first kappa shape index (κ1) is 12.6. The van der Waals surface area contributed by atoms with Crippen molar-refractivity contribution in [3.05, 3.63) is 35.4 Å². The third kappa shape index (κ3) is 2.70. The van der Waals surface area contributed by atoms with E-state index in [9.17, 15) is 9.59 Å². The van der Waals surface area contributed by atoms with Crippen LogP contribution in [0.15, 0.2) is 24.3 Å². The fourth-order valence-electron chi connectivity index (χ4n) is 2.41. The maximum atomic E-state index is 12.0. The maximum Gasteiger partial charge on any atom is 0.335 e. The molecule has 2 rings (SSSR count). The zero-order chi connectivity index (χ0) is 13.1. The zero-order valence-electron chi connectivity index (χ0n) is 10.3. The van der Waals surface area contributed by atoms with Gasteiger partial charge in [0.15, 0.2) is 0 Å². The quantitative estimate of drug-likeness (QED) is 0.861. The molecule has 1 aliphatic rings. The Kier molecular flexibility index (Phi) is 3.65. The second-order valence-corrected chi connectivity index (χ2v) is 4.87. The van der Waals surface area contributed by atoms with E-state index < -0.39 is 5.97 Å². The lowest BCUT2D eigenvalue weighted by Crippen LogP contribution is -2.36. The van der Waals surface area contributed by atoms with Crippen molar-refractivity contribution in [2.75, 3.05) is 0 Å². The summed E-state index contributed by atoms with van der Waals surface area (Å²) in [4.78, 5) is 22.9. The van der Waals surface area contributed by atoms with Crippen molar-refractivity contribution in [2.24, 2.45) is 5.92 Å². The molecule has 2 N–H and O–H groups in total. The Morgan fingerprint density at radius 3 is 2.61 bits per heavy atom. The van der Waals surface area contributed by atoms with Crippen LogP contribution in [0.2, 0.25) is 0 Å². The van der Waals surface area contributed by atoms with E-state index >= 15 is 0 Å². The van der Waals surface area contributed by atoms with E-state index in [0.717, 1.165) is 19.3 Å². The molecule has 2 atom stereocenters. The van der Waals surface area contributed by atoms with Crippen molar-refractivity contribution in [1.29, 1.82) is 0 Å². The van der Waals surface area contributed by atoms with Gasteiger partial charge in [-0.2, -0.15) is 0 Å². The van der Waals surface area contributed by atoms with Crippen LogP contribution in [0.4, 0.5) is 0 Å². The van der Waals surface area contributed by atoms with Gasteiger partial charge in [-0.3, -0.25) is 4.79 Å². The molecule has 0 aliphatic heterocycles. The van der Waals surface area contributed by atoms with E-state index in [1.165, 1.54) is 12.1 Å². The number of benzene rings is 1. The molecule has 1 aromatic carbocycles. The fourth-order valence-corrected chi connectivity index (χ4v) is 2.41. The molecule has 1 amide bonds. The van der Waals surface area contributed by atoms with Crippen LogP contribution in [-0.2, 0) is 0 Å². The molecular formula is C14H17NO3. The maximum absolute atomic E-state index is 12.0. The molecule has 0 aromatic heterocycles. The van der Waals surface area contributed by atoms with Crippen LogP contribution in [0.1, 0.15) is 46.9 Å². The van der Waals surface area contributed by atoms with Crippen LogP contribution < -0.4 is 5.32 Å². The fraction of sp³-hybridized carbons (Fsp3) is 0.429. The van der Waals surface area contributed by atoms with Gasteiger partial charge in [-0.05, 0) is 37.0 Å². The Hall–Kier alpha value is -1.84. The minimum absolute atomic E-state index is 0.141. The molecular weight excluding hydrogens is 230 g/mol. The molecule has 4 heteroatoms. The Morgan fingerprint density at radius 1 is 1.28 bits per heavy atom. The molecule has 1 aromatic rings. The van der Waals surface area contributed by atoms with E-state index in [4.69, 9.17) is 5.11 Å². The summed E-state index contributed by atoms with van der Waals surface area (Å²) in [5.74, 6) is -0.702. The van der Waals surface area contributed by atoms with Crippen LogP contribution in [0.3, 0.4) is 0 Å². The topological polar surface area (TPSA) is 66.4 Å². The van der Waals surface area contributed by atoms with Gasteiger partial charge in [-0.25, -0.2) is 4.79 Å². The molecule has 0 radical (unpaired) electrons. The molecule has 0 bridgehead atoms. The summed E-state index contributed by atoms with van der Waals surface area (Å²) >= 11 is 0. The molecule has 4 nitrogen and oxygen atoms in total. The average Bonchev–Trinajstić information content (AvgIpc) is 2.75. The SMILES string of the molecule is CC1CCCC1NC(=O)c1cccc(C(=O)O)c1. The number of rotatable bonds is 3. The summed E-state index contributed by atoms with van der Waals surface area (Å²) < 4.78 is 0. The highest BCUT2D eigenvalue weighted by atomic mass is 16.4. The van der Waals surface area contributed by atoms with Gasteiger partial charge in [0, 0.05) is 11.6 Å². The lowest BCUT2D eigenvalue weighted by Gasteiger charge is -2.17. The largest absolute Gasteiger partial charge is 0.478 e. The van der Waals surface area contributed by atoms with Crippen molar-refractivity contribution in [3.8, 4) is 0 Å². The first-order valence-corrected chi connectivity index (χ1v) is 6.22. The highest BCUT2D eigenvalue weighted by molar-refractivity contribution is 5.97. The van der Waals surface area contributed by atoms with E-state index in [-0.39, 0.29) is 17.5 Å². The van der Waals surface area contributed by atoms with Crippen molar-refractivity contribution >= 4 is 11.9 Å². The Balaban J connectivity index is 2.09. The minimum Gasteiger partial charge on any atom is -0.478 e. The number of hydrogen-bond donors (Lipinski definition) is 2. The predicted octanol–water partition coefficient (Wildman–Crippen LogP) is 2.30. The lowest BCUT2D eigenvalue weighted by atomic mass is 10.1. The number of aromatic carboxylic acids is 1. The van der Waals surface area contributed by atoms with Gasteiger partial charge in [0.1, 0.15) is 0 Å². The smallest absolute Gasteiger partial charge is 0.335 e. The molecule has 1 aliphatic carbocycles. The summed E-state index contributed by atoms with van der Waals surface area (Å²) in [5.41, 5.74) is 0.552. The number of carbonyl (C=O) groups is 2. The second kappa shape index (κ2) is 5.21. The summed E-state index contributed by atoms with van der Waals surface area (Å²) in [6.07, 6.45) is 3.28. The molecule has 0 saturated heterocycles. The molecule has 0 heterocycles. The minimum atomic E-state index is -1.01. The van der Waals surface area contributed by atoms with Gasteiger partial charge in [0.25, 0.3) is 5.91 Å². The average molecular weight is 247 g/mol. The molecule has 0 spiro atoms. The Labute approximate surface area is 106 Å². The zero-order valence-corrected chi connectivity index (χ0v) is 10.3. The normalized spacial score (nSPS) is 22.7. The number of carboxylic acids is 1. The number of amides is 1. The standard InChI is InChI=1S/C14H17NO3/c1-9-4-2-7-12(9)15-13(16)10-5-3-6-11(8-10)14(17)18/h3,5-6,8-9,12H,2,4,7H2,1H3,(H,15,16)(H,17,18). The van der Waals surface area contributed by atoms with E-state index in [2.05, 4.69) is 12.2 Å². The van der Waals surface area contributed by atoms with Gasteiger partial charge < -0.3 is 10.4 Å². The number of hydrogen-bond acceptors (Lipinski definition) is 2. The third-order valence-corrected chi connectivity index (χ3v) is 3.55. The molecule has 2 unspecified atom stereocenters. The number of carbonyl (C=O) groups excluding carboxylic acids is 1. The number of carboxylic acid groups (broad SMARTS) is 1. The monoisotopic (exact) mass is 247 g/mol. The van der Waals surface area contributed by atoms with Gasteiger partial charge >= 0.3 is 5.97 Å². The van der Waals surface area contributed by atoms with E-state index in [0.29, 0.717) is 11.5 Å². The van der Waals surface area contributed by atoms with Crippen LogP contribution in [0, 0.1) is 5.92 Å². The van der Waals surface area contributed by atoms with Gasteiger partial charge in [-0.15, -0.1) is 0 Å². The summed E-state index contributed by atoms with van der Waals surface area (Å²) in [7, 11) is 0. The van der Waals surface area contributed by atoms with Crippen molar-refractivity contribution in [1.82, 2.24) is 5.32 Å². The second-order valence-electron chi connectivity index (χ2n) is 4.87. The Morgan fingerprint density at radius 2 is 2.00 bits per heavy atom. The highest BCUT2D eigenvalue weighted by Gasteiger charge is 2.25. The van der Waals surface area contributed by atoms with Crippen molar-refractivity contribution in [3.63, 3.8) is 0 Å². The van der Waals surface area contributed by atoms with Gasteiger partial charge in [0.05, 0.1) is 5.56 Å². The summed E-state index contributed by atoms with van der Waals surface area (Å²) in [6, 6.07) is 6.35. The summed E-state index contributed by atoms with van der Waals surface area (Å²) in [6.45, 7) is 2.13. The molecule has 18 heavy (non-hydrogen) atoms. The van der Waals surface area contributed by atoms with Gasteiger partial charge in [0.2, 0.25) is 0 Å². The van der Waals surface area contributed by atoms with Gasteiger partial charge in [-0.1, -0.05) is 19.4 Å². The van der Waals surface area contributed by atoms with E-state index in [1.807, 2.05) is 0 Å². The first-order valence-electron chi connectivity index (χ1n) is 6.22. The van der Waals surface area contributed by atoms with Crippen LogP contribution in [0.25, 0.3) is 0 Å². The predicted molar refractivity (Wildman–Crippen MR) is 67.7 cm³/mol.